The highest BCUT2D eigenvalue weighted by Gasteiger charge is 2.14. The Morgan fingerprint density at radius 1 is 1.15 bits per heavy atom. The van der Waals surface area contributed by atoms with E-state index in [1.165, 1.54) is 6.07 Å². The van der Waals surface area contributed by atoms with Crippen LogP contribution in [0.2, 0.25) is 0 Å². The number of benzene rings is 2. The number of piperidine rings is 1. The van der Waals surface area contributed by atoms with Gasteiger partial charge in [-0.15, -0.1) is 0 Å². The van der Waals surface area contributed by atoms with E-state index in [-0.39, 0.29) is 11.9 Å². The molecule has 0 amide bonds. The first kappa shape index (κ1) is 17.2. The summed E-state index contributed by atoms with van der Waals surface area (Å²) in [6.45, 7) is 1.98. The van der Waals surface area contributed by atoms with Crippen molar-refractivity contribution in [2.75, 3.05) is 18.4 Å². The summed E-state index contributed by atoms with van der Waals surface area (Å²) in [7, 11) is 0. The van der Waals surface area contributed by atoms with Crippen molar-refractivity contribution in [1.29, 1.82) is 0 Å². The molecular weight excluding hydrogens is 399 g/mol. The van der Waals surface area contributed by atoms with E-state index in [9.17, 15) is 4.39 Å². The van der Waals surface area contributed by atoms with Crippen LogP contribution in [0.5, 0.6) is 5.75 Å². The van der Waals surface area contributed by atoms with Crippen LogP contribution in [-0.4, -0.2) is 29.2 Å². The zero-order valence-electron chi connectivity index (χ0n) is 14.0. The Kier molecular flexibility index (Phi) is 4.99. The minimum Gasteiger partial charge on any atom is -0.490 e. The van der Waals surface area contributed by atoms with Crippen LogP contribution in [0.3, 0.4) is 0 Å². The van der Waals surface area contributed by atoms with Gasteiger partial charge in [-0.3, -0.25) is 0 Å². The second-order valence-corrected chi connectivity index (χ2v) is 7.09. The predicted octanol–water partition coefficient (Wildman–Crippen LogP) is 4.41. The molecule has 3 aromatic rings. The number of hydrogen-bond acceptors (Lipinski definition) is 5. The van der Waals surface area contributed by atoms with Gasteiger partial charge in [0.25, 0.3) is 0 Å². The normalized spacial score (nSPS) is 15.2. The molecule has 7 heteroatoms. The fraction of sp³-hybridized carbons (Fsp3) is 0.263. The van der Waals surface area contributed by atoms with Crippen LogP contribution in [-0.2, 0) is 0 Å². The Bertz CT molecular complexity index is 931. The van der Waals surface area contributed by atoms with Crippen molar-refractivity contribution < 1.29 is 9.13 Å². The first-order valence-corrected chi connectivity index (χ1v) is 9.33. The van der Waals surface area contributed by atoms with Crippen LogP contribution >= 0.6 is 15.9 Å². The molecule has 5 nitrogen and oxygen atoms in total. The van der Waals surface area contributed by atoms with Crippen molar-refractivity contribution in [3.05, 3.63) is 52.9 Å². The van der Waals surface area contributed by atoms with Crippen LogP contribution < -0.4 is 15.4 Å². The lowest BCUT2D eigenvalue weighted by molar-refractivity contribution is 0.162. The Labute approximate surface area is 159 Å². The minimum absolute atomic E-state index is 0.240. The van der Waals surface area contributed by atoms with E-state index >= 15 is 0 Å². The maximum atomic E-state index is 13.4. The van der Waals surface area contributed by atoms with Crippen molar-refractivity contribution in [3.63, 3.8) is 0 Å². The average Bonchev–Trinajstić information content (AvgIpc) is 2.65. The van der Waals surface area contributed by atoms with E-state index in [2.05, 4.69) is 36.5 Å². The molecule has 134 valence electrons. The van der Waals surface area contributed by atoms with Crippen LogP contribution in [0.4, 0.5) is 16.0 Å². The monoisotopic (exact) mass is 416 g/mol. The van der Waals surface area contributed by atoms with Crippen molar-refractivity contribution in [1.82, 2.24) is 15.3 Å². The lowest BCUT2D eigenvalue weighted by atomic mass is 10.1. The number of aromatic nitrogens is 2. The van der Waals surface area contributed by atoms with Gasteiger partial charge in [-0.1, -0.05) is 0 Å². The van der Waals surface area contributed by atoms with Crippen molar-refractivity contribution in [2.45, 2.75) is 18.9 Å². The molecule has 0 spiro atoms. The molecule has 2 aromatic carbocycles. The average molecular weight is 417 g/mol. The molecule has 26 heavy (non-hydrogen) atoms. The minimum atomic E-state index is -0.310. The van der Waals surface area contributed by atoms with Crippen molar-refractivity contribution in [3.8, 4) is 5.75 Å². The molecule has 2 heterocycles. The SMILES string of the molecule is Fc1ccc(Nc2ncc3ccc(OC4CCNCC4)cc3n2)cc1Br. The van der Waals surface area contributed by atoms with Crippen molar-refractivity contribution >= 4 is 38.5 Å². The maximum Gasteiger partial charge on any atom is 0.227 e. The molecule has 4 rings (SSSR count). The first-order chi connectivity index (χ1) is 12.7. The maximum absolute atomic E-state index is 13.4. The number of hydrogen-bond donors (Lipinski definition) is 2. The third-order valence-electron chi connectivity index (χ3n) is 4.32. The van der Waals surface area contributed by atoms with Gasteiger partial charge in [-0.2, -0.15) is 0 Å². The Morgan fingerprint density at radius 2 is 2.00 bits per heavy atom. The molecule has 1 fully saturated rings. The number of nitrogens with one attached hydrogen (secondary N) is 2. The van der Waals surface area contributed by atoms with Crippen LogP contribution in [0.1, 0.15) is 12.8 Å². The zero-order chi connectivity index (χ0) is 17.9. The third-order valence-corrected chi connectivity index (χ3v) is 4.93. The molecule has 0 radical (unpaired) electrons. The topological polar surface area (TPSA) is 59.1 Å². The Morgan fingerprint density at radius 3 is 2.81 bits per heavy atom. The van der Waals surface area contributed by atoms with E-state index in [0.717, 1.165) is 42.6 Å². The zero-order valence-corrected chi connectivity index (χ0v) is 15.6. The smallest absolute Gasteiger partial charge is 0.227 e. The molecule has 1 aliphatic heterocycles. The second-order valence-electron chi connectivity index (χ2n) is 6.24. The number of nitrogens with zero attached hydrogens (tertiary/aromatic N) is 2. The summed E-state index contributed by atoms with van der Waals surface area (Å²) in [6.07, 6.45) is 4.02. The summed E-state index contributed by atoms with van der Waals surface area (Å²) in [5, 5.41) is 7.37. The van der Waals surface area contributed by atoms with Gasteiger partial charge in [0.05, 0.1) is 9.99 Å². The second kappa shape index (κ2) is 7.55. The van der Waals surface area contributed by atoms with Gasteiger partial charge >= 0.3 is 0 Å². The molecule has 2 N–H and O–H groups in total. The lowest BCUT2D eigenvalue weighted by Gasteiger charge is -2.23. The molecule has 1 saturated heterocycles. The molecular formula is C19H18BrFN4O. The third kappa shape index (κ3) is 3.94. The summed E-state index contributed by atoms with van der Waals surface area (Å²) < 4.78 is 19.8. The van der Waals surface area contributed by atoms with Gasteiger partial charge in [0.1, 0.15) is 17.7 Å². The van der Waals surface area contributed by atoms with E-state index in [0.29, 0.717) is 16.1 Å². The van der Waals surface area contributed by atoms with Gasteiger partial charge < -0.3 is 15.4 Å². The van der Waals surface area contributed by atoms with Gasteiger partial charge in [-0.25, -0.2) is 14.4 Å². The highest BCUT2D eigenvalue weighted by Crippen LogP contribution is 2.25. The van der Waals surface area contributed by atoms with Crippen LogP contribution in [0.15, 0.2) is 47.1 Å². The summed E-state index contributed by atoms with van der Waals surface area (Å²) >= 11 is 3.18. The van der Waals surface area contributed by atoms with E-state index in [4.69, 9.17) is 4.74 Å². The number of ether oxygens (including phenoxy) is 1. The number of fused-ring (bicyclic) bond motifs is 1. The van der Waals surface area contributed by atoms with E-state index in [1.54, 1.807) is 18.3 Å². The van der Waals surface area contributed by atoms with Gasteiger partial charge in [0.2, 0.25) is 5.95 Å². The quantitative estimate of drug-likeness (QED) is 0.659. The highest BCUT2D eigenvalue weighted by atomic mass is 79.9. The van der Waals surface area contributed by atoms with Crippen molar-refractivity contribution in [2.24, 2.45) is 0 Å². The molecule has 1 aromatic heterocycles. The van der Waals surface area contributed by atoms with Crippen LogP contribution in [0.25, 0.3) is 10.9 Å². The first-order valence-electron chi connectivity index (χ1n) is 8.54. The number of anilines is 2. The van der Waals surface area contributed by atoms with Gasteiger partial charge in [-0.05, 0) is 72.2 Å². The molecule has 1 aliphatic rings. The summed E-state index contributed by atoms with van der Waals surface area (Å²) in [5.41, 5.74) is 1.51. The Hall–Kier alpha value is -2.25. The summed E-state index contributed by atoms with van der Waals surface area (Å²) in [6, 6.07) is 10.5. The van der Waals surface area contributed by atoms with E-state index < -0.39 is 0 Å². The highest BCUT2D eigenvalue weighted by molar-refractivity contribution is 9.10. The number of halogens is 2. The lowest BCUT2D eigenvalue weighted by Crippen LogP contribution is -2.34. The molecule has 0 unspecified atom stereocenters. The molecule has 0 atom stereocenters. The number of rotatable bonds is 4. The van der Waals surface area contributed by atoms with Gasteiger partial charge in [0, 0.05) is 23.3 Å². The summed E-state index contributed by atoms with van der Waals surface area (Å²) in [5.74, 6) is 0.961. The molecule has 0 saturated carbocycles. The van der Waals surface area contributed by atoms with Gasteiger partial charge in [0.15, 0.2) is 0 Å². The largest absolute Gasteiger partial charge is 0.490 e. The van der Waals surface area contributed by atoms with E-state index in [1.807, 2.05) is 18.2 Å². The molecule has 0 aliphatic carbocycles. The van der Waals surface area contributed by atoms with Crippen LogP contribution in [0, 0.1) is 5.82 Å². The summed E-state index contributed by atoms with van der Waals surface area (Å²) in [4.78, 5) is 8.87. The fourth-order valence-corrected chi connectivity index (χ4v) is 3.32. The Balaban J connectivity index is 1.55. The fourth-order valence-electron chi connectivity index (χ4n) is 2.95. The predicted molar refractivity (Wildman–Crippen MR) is 103 cm³/mol. The molecule has 0 bridgehead atoms. The standard InChI is InChI=1S/C19H18BrFN4O/c20-16-9-13(2-4-17(16)21)24-19-23-11-12-1-3-15(10-18(12)25-19)26-14-5-7-22-8-6-14/h1-4,9-11,14,22H,5-8H2,(H,23,24,25).